The van der Waals surface area contributed by atoms with Crippen LogP contribution in [0.15, 0.2) is 60.8 Å². The lowest BCUT2D eigenvalue weighted by atomic mass is 9.99. The van der Waals surface area contributed by atoms with E-state index in [0.717, 1.165) is 64.2 Å². The molecule has 1 heterocycles. The highest BCUT2D eigenvalue weighted by atomic mass is 16.7. The van der Waals surface area contributed by atoms with Gasteiger partial charge in [0, 0.05) is 12.8 Å². The molecule has 0 amide bonds. The lowest BCUT2D eigenvalue weighted by Gasteiger charge is -2.39. The van der Waals surface area contributed by atoms with Gasteiger partial charge in [0.25, 0.3) is 0 Å². The van der Waals surface area contributed by atoms with Crippen molar-refractivity contribution in [3.63, 3.8) is 0 Å². The van der Waals surface area contributed by atoms with Crippen LogP contribution in [0.4, 0.5) is 0 Å². The topological polar surface area (TPSA) is 152 Å². The summed E-state index contributed by atoms with van der Waals surface area (Å²) in [6, 6.07) is 0. The van der Waals surface area contributed by atoms with Crippen LogP contribution in [0.3, 0.4) is 0 Å². The zero-order chi connectivity index (χ0) is 41.6. The summed E-state index contributed by atoms with van der Waals surface area (Å²) < 4.78 is 22.1. The quantitative estimate of drug-likeness (QED) is 0.0209. The van der Waals surface area contributed by atoms with Gasteiger partial charge in [-0.15, -0.1) is 0 Å². The SMILES string of the molecule is CC/C=C/C=C/C=C/C=C/CCCCCCCC(=O)OC[C@H](CO[C@@H]1O[C@H](CO)[C@H](O)C(O)C1O)OC(=O)CCCCCCCCC/C=C/CCCCCCCC. The number of aliphatic hydroxyl groups excluding tert-OH is 4. The largest absolute Gasteiger partial charge is 0.462 e. The van der Waals surface area contributed by atoms with Gasteiger partial charge in [0.2, 0.25) is 0 Å². The molecule has 57 heavy (non-hydrogen) atoms. The first-order valence-electron chi connectivity index (χ1n) is 22.4. The summed E-state index contributed by atoms with van der Waals surface area (Å²) in [5, 5.41) is 40.1. The average Bonchev–Trinajstić information content (AvgIpc) is 3.21. The van der Waals surface area contributed by atoms with Crippen LogP contribution in [0.2, 0.25) is 0 Å². The van der Waals surface area contributed by atoms with Gasteiger partial charge in [0.05, 0.1) is 13.2 Å². The molecule has 6 atom stereocenters. The zero-order valence-corrected chi connectivity index (χ0v) is 35.6. The first-order chi connectivity index (χ1) is 27.8. The molecule has 4 N–H and O–H groups in total. The van der Waals surface area contributed by atoms with E-state index in [4.69, 9.17) is 18.9 Å². The van der Waals surface area contributed by atoms with Crippen molar-refractivity contribution in [2.24, 2.45) is 0 Å². The lowest BCUT2D eigenvalue weighted by molar-refractivity contribution is -0.305. The number of aliphatic hydroxyl groups is 4. The summed E-state index contributed by atoms with van der Waals surface area (Å²) in [5.74, 6) is -0.842. The maximum Gasteiger partial charge on any atom is 0.306 e. The summed E-state index contributed by atoms with van der Waals surface area (Å²) >= 11 is 0. The van der Waals surface area contributed by atoms with Crippen molar-refractivity contribution in [3.8, 4) is 0 Å². The van der Waals surface area contributed by atoms with E-state index < -0.39 is 55.4 Å². The molecule has 10 nitrogen and oxygen atoms in total. The number of unbranched alkanes of at least 4 members (excludes halogenated alkanes) is 18. The Hall–Kier alpha value is -2.60. The molecular formula is C47H80O10. The molecule has 0 aliphatic carbocycles. The molecule has 0 bridgehead atoms. The maximum absolute atomic E-state index is 12.8. The Balaban J connectivity index is 2.35. The second kappa shape index (κ2) is 37.7. The Morgan fingerprint density at radius 1 is 0.561 bits per heavy atom. The number of hydrogen-bond acceptors (Lipinski definition) is 10. The van der Waals surface area contributed by atoms with Gasteiger partial charge in [0.15, 0.2) is 12.4 Å². The molecule has 10 heteroatoms. The number of carbonyl (C=O) groups excluding carboxylic acids is 2. The number of ether oxygens (including phenoxy) is 4. The van der Waals surface area contributed by atoms with Crippen molar-refractivity contribution in [2.45, 2.75) is 205 Å². The van der Waals surface area contributed by atoms with E-state index >= 15 is 0 Å². The molecule has 1 rings (SSSR count). The Kier molecular flexibility index (Phi) is 34.6. The Morgan fingerprint density at radius 2 is 1.05 bits per heavy atom. The molecule has 1 fully saturated rings. The van der Waals surface area contributed by atoms with Gasteiger partial charge in [-0.3, -0.25) is 9.59 Å². The molecule has 0 aromatic heterocycles. The molecule has 2 unspecified atom stereocenters. The monoisotopic (exact) mass is 805 g/mol. The fourth-order valence-electron chi connectivity index (χ4n) is 6.43. The highest BCUT2D eigenvalue weighted by Crippen LogP contribution is 2.22. The minimum Gasteiger partial charge on any atom is -0.462 e. The van der Waals surface area contributed by atoms with Gasteiger partial charge in [-0.25, -0.2) is 0 Å². The van der Waals surface area contributed by atoms with Crippen LogP contribution in [0.5, 0.6) is 0 Å². The van der Waals surface area contributed by atoms with E-state index in [9.17, 15) is 30.0 Å². The molecule has 1 aliphatic rings. The third kappa shape index (κ3) is 29.3. The minimum absolute atomic E-state index is 0.217. The number of allylic oxidation sites excluding steroid dienone is 10. The second-order valence-corrected chi connectivity index (χ2v) is 15.2. The highest BCUT2D eigenvalue weighted by Gasteiger charge is 2.44. The second-order valence-electron chi connectivity index (χ2n) is 15.2. The van der Waals surface area contributed by atoms with Crippen LogP contribution in [0.1, 0.15) is 168 Å². The number of esters is 2. The fourth-order valence-corrected chi connectivity index (χ4v) is 6.43. The predicted molar refractivity (Wildman–Crippen MR) is 228 cm³/mol. The van der Waals surface area contributed by atoms with Gasteiger partial charge >= 0.3 is 11.9 Å². The van der Waals surface area contributed by atoms with Gasteiger partial charge in [-0.05, 0) is 57.8 Å². The van der Waals surface area contributed by atoms with Crippen molar-refractivity contribution in [2.75, 3.05) is 19.8 Å². The van der Waals surface area contributed by atoms with Crippen molar-refractivity contribution in [3.05, 3.63) is 60.8 Å². The van der Waals surface area contributed by atoms with E-state index in [1.807, 2.05) is 30.4 Å². The molecule has 0 aromatic carbocycles. The van der Waals surface area contributed by atoms with Gasteiger partial charge in [-0.1, -0.05) is 158 Å². The Morgan fingerprint density at radius 3 is 1.61 bits per heavy atom. The number of hydrogen-bond donors (Lipinski definition) is 4. The van der Waals surface area contributed by atoms with Crippen molar-refractivity contribution in [1.29, 1.82) is 0 Å². The molecule has 1 aliphatic heterocycles. The van der Waals surface area contributed by atoms with E-state index in [2.05, 4.69) is 44.2 Å². The lowest BCUT2D eigenvalue weighted by Crippen LogP contribution is -2.59. The molecule has 1 saturated heterocycles. The standard InChI is InChI=1S/C47H80O10/c1-3-5-7-9-11-13-15-17-19-20-22-24-26-28-30-32-34-36-43(50)56-40(39-55-47-46(53)45(52)44(51)41(37-48)57-47)38-54-42(49)35-33-31-29-27-25-23-21-18-16-14-12-10-8-6-4-2/h6,8,10,12,14,16-19,21,40-41,44-48,51-53H,3-5,7,9,11,13,15,20,22-39H2,1-2H3/b8-6+,12-10+,16-14+,19-17+,21-18+/t40-,41-,44+,45?,46?,47-/m1/s1. The molecule has 0 aromatic rings. The first-order valence-corrected chi connectivity index (χ1v) is 22.4. The molecule has 0 saturated carbocycles. The molecule has 0 spiro atoms. The van der Waals surface area contributed by atoms with Crippen LogP contribution in [0, 0.1) is 0 Å². The van der Waals surface area contributed by atoms with Gasteiger partial charge in [-0.2, -0.15) is 0 Å². The normalized spacial score (nSPS) is 20.8. The van der Waals surface area contributed by atoms with Gasteiger partial charge < -0.3 is 39.4 Å². The van der Waals surface area contributed by atoms with Crippen LogP contribution in [-0.4, -0.2) is 89.0 Å². The smallest absolute Gasteiger partial charge is 0.306 e. The van der Waals surface area contributed by atoms with Crippen LogP contribution in [0.25, 0.3) is 0 Å². The molecular weight excluding hydrogens is 725 g/mol. The van der Waals surface area contributed by atoms with Crippen molar-refractivity contribution < 1.29 is 49.0 Å². The third-order valence-electron chi connectivity index (χ3n) is 9.98. The highest BCUT2D eigenvalue weighted by molar-refractivity contribution is 5.70. The number of rotatable bonds is 36. The average molecular weight is 805 g/mol. The Bertz CT molecular complexity index is 1110. The fraction of sp³-hybridized carbons (Fsp3) is 0.745. The third-order valence-corrected chi connectivity index (χ3v) is 9.98. The van der Waals surface area contributed by atoms with Crippen LogP contribution < -0.4 is 0 Å². The Labute approximate surface area is 345 Å². The van der Waals surface area contributed by atoms with E-state index in [0.29, 0.717) is 12.8 Å². The summed E-state index contributed by atoms with van der Waals surface area (Å²) in [5.41, 5.74) is 0. The summed E-state index contributed by atoms with van der Waals surface area (Å²) in [6.07, 6.45) is 37.9. The van der Waals surface area contributed by atoms with Crippen molar-refractivity contribution >= 4 is 11.9 Å². The molecule has 328 valence electrons. The first kappa shape index (κ1) is 52.4. The predicted octanol–water partition coefficient (Wildman–Crippen LogP) is 9.44. The van der Waals surface area contributed by atoms with Gasteiger partial charge in [0.1, 0.15) is 31.0 Å². The maximum atomic E-state index is 12.8. The summed E-state index contributed by atoms with van der Waals surface area (Å²) in [4.78, 5) is 25.3. The van der Waals surface area contributed by atoms with E-state index in [1.54, 1.807) is 0 Å². The zero-order valence-electron chi connectivity index (χ0n) is 35.6. The van der Waals surface area contributed by atoms with E-state index in [-0.39, 0.29) is 26.1 Å². The number of carbonyl (C=O) groups is 2. The van der Waals surface area contributed by atoms with Crippen LogP contribution in [-0.2, 0) is 28.5 Å². The molecule has 0 radical (unpaired) electrons. The van der Waals surface area contributed by atoms with E-state index in [1.165, 1.54) is 64.2 Å². The summed E-state index contributed by atoms with van der Waals surface area (Å²) in [7, 11) is 0. The minimum atomic E-state index is -1.60. The summed E-state index contributed by atoms with van der Waals surface area (Å²) in [6.45, 7) is 3.24. The van der Waals surface area contributed by atoms with Crippen molar-refractivity contribution in [1.82, 2.24) is 0 Å². The van der Waals surface area contributed by atoms with Crippen LogP contribution >= 0.6 is 0 Å².